The van der Waals surface area contributed by atoms with Gasteiger partial charge in [-0.15, -0.1) is 0 Å². The molecule has 2 fully saturated rings. The van der Waals surface area contributed by atoms with E-state index in [1.807, 2.05) is 0 Å². The van der Waals surface area contributed by atoms with Gasteiger partial charge in [-0.1, -0.05) is 19.8 Å². The quantitative estimate of drug-likeness (QED) is 0.704. The standard InChI is InChI=1S/C15H28N2O2/c1-2-15(7-8-16-11-15)14(19)17-9-12-5-3-4-6-13(12)10-18/h12-13,16,18H,2-11H2,1H3,(H,17,19). The summed E-state index contributed by atoms with van der Waals surface area (Å²) in [6.45, 7) is 4.87. The topological polar surface area (TPSA) is 61.4 Å². The van der Waals surface area contributed by atoms with Crippen LogP contribution in [0, 0.1) is 17.3 Å². The lowest BCUT2D eigenvalue weighted by atomic mass is 9.79. The van der Waals surface area contributed by atoms with E-state index in [4.69, 9.17) is 0 Å². The first-order chi connectivity index (χ1) is 9.22. The number of hydrogen-bond donors (Lipinski definition) is 3. The van der Waals surface area contributed by atoms with Crippen molar-refractivity contribution in [2.75, 3.05) is 26.2 Å². The number of hydrogen-bond acceptors (Lipinski definition) is 3. The van der Waals surface area contributed by atoms with Crippen LogP contribution in [0.15, 0.2) is 0 Å². The Hall–Kier alpha value is -0.610. The number of carbonyl (C=O) groups excluding carboxylic acids is 1. The lowest BCUT2D eigenvalue weighted by Gasteiger charge is -2.32. The predicted octanol–water partition coefficient (Wildman–Crippen LogP) is 1.29. The van der Waals surface area contributed by atoms with Gasteiger partial charge in [0, 0.05) is 19.7 Å². The molecule has 3 atom stereocenters. The van der Waals surface area contributed by atoms with Gasteiger partial charge in [-0.05, 0) is 44.1 Å². The van der Waals surface area contributed by atoms with Crippen LogP contribution in [0.25, 0.3) is 0 Å². The van der Waals surface area contributed by atoms with Gasteiger partial charge in [0.2, 0.25) is 5.91 Å². The molecule has 4 heteroatoms. The van der Waals surface area contributed by atoms with Crippen LogP contribution >= 0.6 is 0 Å². The Kier molecular flexibility index (Phi) is 5.22. The van der Waals surface area contributed by atoms with Crippen molar-refractivity contribution in [1.82, 2.24) is 10.6 Å². The molecule has 3 unspecified atom stereocenters. The van der Waals surface area contributed by atoms with Gasteiger partial charge in [0.1, 0.15) is 0 Å². The van der Waals surface area contributed by atoms with Crippen molar-refractivity contribution in [3.05, 3.63) is 0 Å². The van der Waals surface area contributed by atoms with Crippen LogP contribution in [0.5, 0.6) is 0 Å². The van der Waals surface area contributed by atoms with Crippen LogP contribution in [0.4, 0.5) is 0 Å². The first-order valence-electron chi connectivity index (χ1n) is 7.82. The molecule has 19 heavy (non-hydrogen) atoms. The van der Waals surface area contributed by atoms with Gasteiger partial charge < -0.3 is 15.7 Å². The van der Waals surface area contributed by atoms with Crippen LogP contribution in [-0.4, -0.2) is 37.3 Å². The third-order valence-corrected chi connectivity index (χ3v) is 5.23. The molecule has 0 radical (unpaired) electrons. The average Bonchev–Trinajstić information content (AvgIpc) is 2.95. The molecule has 2 aliphatic rings. The number of rotatable bonds is 5. The van der Waals surface area contributed by atoms with Gasteiger partial charge in [0.15, 0.2) is 0 Å². The zero-order valence-corrected chi connectivity index (χ0v) is 12.1. The van der Waals surface area contributed by atoms with Crippen LogP contribution < -0.4 is 10.6 Å². The summed E-state index contributed by atoms with van der Waals surface area (Å²) < 4.78 is 0. The van der Waals surface area contributed by atoms with Crippen LogP contribution in [0.3, 0.4) is 0 Å². The number of carbonyl (C=O) groups is 1. The fourth-order valence-corrected chi connectivity index (χ4v) is 3.60. The third-order valence-electron chi connectivity index (χ3n) is 5.23. The summed E-state index contributed by atoms with van der Waals surface area (Å²) in [5.41, 5.74) is -0.191. The third kappa shape index (κ3) is 3.29. The highest BCUT2D eigenvalue weighted by atomic mass is 16.3. The highest BCUT2D eigenvalue weighted by Crippen LogP contribution is 2.31. The Balaban J connectivity index is 1.85. The minimum absolute atomic E-state index is 0.191. The fraction of sp³-hybridized carbons (Fsp3) is 0.933. The summed E-state index contributed by atoms with van der Waals surface area (Å²) in [7, 11) is 0. The first kappa shape index (κ1) is 14.8. The van der Waals surface area contributed by atoms with Crippen molar-refractivity contribution in [2.24, 2.45) is 17.3 Å². The lowest BCUT2D eigenvalue weighted by Crippen LogP contribution is -2.45. The maximum Gasteiger partial charge on any atom is 0.227 e. The summed E-state index contributed by atoms with van der Waals surface area (Å²) in [6.07, 6.45) is 6.56. The van der Waals surface area contributed by atoms with Gasteiger partial charge in [0.05, 0.1) is 5.41 Å². The molecule has 1 aliphatic heterocycles. The average molecular weight is 268 g/mol. The van der Waals surface area contributed by atoms with E-state index in [1.54, 1.807) is 0 Å². The summed E-state index contributed by atoms with van der Waals surface area (Å²) >= 11 is 0. The predicted molar refractivity (Wildman–Crippen MR) is 75.8 cm³/mol. The van der Waals surface area contributed by atoms with Crippen molar-refractivity contribution in [1.29, 1.82) is 0 Å². The molecule has 0 spiro atoms. The Morgan fingerprint density at radius 1 is 1.37 bits per heavy atom. The highest BCUT2D eigenvalue weighted by molar-refractivity contribution is 5.83. The van der Waals surface area contributed by atoms with E-state index >= 15 is 0 Å². The van der Waals surface area contributed by atoms with Gasteiger partial charge >= 0.3 is 0 Å². The number of amides is 1. The maximum atomic E-state index is 12.4. The van der Waals surface area contributed by atoms with Crippen molar-refractivity contribution < 1.29 is 9.90 Å². The SMILES string of the molecule is CCC1(C(=O)NCC2CCCCC2CO)CCNC1. The van der Waals surface area contributed by atoms with Gasteiger partial charge in [-0.25, -0.2) is 0 Å². The maximum absolute atomic E-state index is 12.4. The van der Waals surface area contributed by atoms with E-state index in [1.165, 1.54) is 12.8 Å². The van der Waals surface area contributed by atoms with Crippen molar-refractivity contribution >= 4 is 5.91 Å². The number of nitrogens with one attached hydrogen (secondary N) is 2. The number of aliphatic hydroxyl groups is 1. The fourth-order valence-electron chi connectivity index (χ4n) is 3.60. The van der Waals surface area contributed by atoms with Crippen molar-refractivity contribution in [3.8, 4) is 0 Å². The molecule has 1 amide bonds. The first-order valence-corrected chi connectivity index (χ1v) is 7.82. The van der Waals surface area contributed by atoms with E-state index in [-0.39, 0.29) is 17.9 Å². The van der Waals surface area contributed by atoms with E-state index in [2.05, 4.69) is 17.6 Å². The summed E-state index contributed by atoms with van der Waals surface area (Å²) in [6, 6.07) is 0. The molecule has 0 aromatic heterocycles. The molecule has 1 saturated heterocycles. The van der Waals surface area contributed by atoms with Crippen LogP contribution in [-0.2, 0) is 4.79 Å². The molecule has 1 heterocycles. The molecule has 0 bridgehead atoms. The largest absolute Gasteiger partial charge is 0.396 e. The van der Waals surface area contributed by atoms with Gasteiger partial charge in [0.25, 0.3) is 0 Å². The van der Waals surface area contributed by atoms with Crippen LogP contribution in [0.2, 0.25) is 0 Å². The van der Waals surface area contributed by atoms with Gasteiger partial charge in [-0.2, -0.15) is 0 Å². The minimum atomic E-state index is -0.191. The second-order valence-corrected chi connectivity index (χ2v) is 6.26. The van der Waals surface area contributed by atoms with E-state index in [0.29, 0.717) is 11.8 Å². The summed E-state index contributed by atoms with van der Waals surface area (Å²) in [5, 5.41) is 15.9. The van der Waals surface area contributed by atoms with E-state index in [9.17, 15) is 9.90 Å². The zero-order chi connectivity index (χ0) is 13.7. The van der Waals surface area contributed by atoms with Crippen LogP contribution in [0.1, 0.15) is 45.4 Å². The molecular formula is C15H28N2O2. The second-order valence-electron chi connectivity index (χ2n) is 6.26. The van der Waals surface area contributed by atoms with E-state index in [0.717, 1.165) is 45.3 Å². The Bertz CT molecular complexity index is 301. The smallest absolute Gasteiger partial charge is 0.227 e. The Morgan fingerprint density at radius 2 is 2.11 bits per heavy atom. The summed E-state index contributed by atoms with van der Waals surface area (Å²) in [4.78, 5) is 12.4. The molecule has 4 nitrogen and oxygen atoms in total. The molecule has 0 aromatic carbocycles. The lowest BCUT2D eigenvalue weighted by molar-refractivity contribution is -0.130. The minimum Gasteiger partial charge on any atom is -0.396 e. The Morgan fingerprint density at radius 3 is 2.68 bits per heavy atom. The molecule has 0 aromatic rings. The second kappa shape index (κ2) is 6.71. The van der Waals surface area contributed by atoms with Crippen molar-refractivity contribution in [3.63, 3.8) is 0 Å². The Labute approximate surface area is 116 Å². The molecule has 1 aliphatic carbocycles. The monoisotopic (exact) mass is 268 g/mol. The van der Waals surface area contributed by atoms with E-state index < -0.39 is 0 Å². The molecule has 110 valence electrons. The summed E-state index contributed by atoms with van der Waals surface area (Å²) in [5.74, 6) is 1.06. The number of aliphatic hydroxyl groups excluding tert-OH is 1. The molecule has 1 saturated carbocycles. The molecule has 3 N–H and O–H groups in total. The molecule has 2 rings (SSSR count). The van der Waals surface area contributed by atoms with Gasteiger partial charge in [-0.3, -0.25) is 4.79 Å². The van der Waals surface area contributed by atoms with Crippen molar-refractivity contribution in [2.45, 2.75) is 45.4 Å². The zero-order valence-electron chi connectivity index (χ0n) is 12.1. The highest BCUT2D eigenvalue weighted by Gasteiger charge is 2.39. The molecular weight excluding hydrogens is 240 g/mol. The normalized spacial score (nSPS) is 35.3.